The van der Waals surface area contributed by atoms with E-state index in [0.717, 1.165) is 25.8 Å². The zero-order valence-electron chi connectivity index (χ0n) is 9.59. The summed E-state index contributed by atoms with van der Waals surface area (Å²) in [6, 6.07) is 1.60. The van der Waals surface area contributed by atoms with Crippen LogP contribution in [0.2, 0.25) is 5.02 Å². The first kappa shape index (κ1) is 12.5. The Hall–Kier alpha value is -1.00. The van der Waals surface area contributed by atoms with E-state index in [1.165, 1.54) is 7.11 Å². The van der Waals surface area contributed by atoms with Gasteiger partial charge in [0, 0.05) is 11.6 Å². The molecule has 0 aromatic heterocycles. The zero-order valence-corrected chi connectivity index (χ0v) is 10.4. The smallest absolute Gasteiger partial charge is 0.208 e. The SMILES string of the molecule is COc1c(C2CCCCN2)cc(Cl)c(O)c1F. The van der Waals surface area contributed by atoms with E-state index in [2.05, 4.69) is 5.32 Å². The minimum absolute atomic E-state index is 0.0191. The van der Waals surface area contributed by atoms with Crippen LogP contribution < -0.4 is 10.1 Å². The third-order valence-electron chi connectivity index (χ3n) is 3.07. The maximum absolute atomic E-state index is 13.8. The maximum atomic E-state index is 13.8. The molecule has 2 rings (SSSR count). The third kappa shape index (κ3) is 2.33. The van der Waals surface area contributed by atoms with Crippen LogP contribution in [0.1, 0.15) is 30.9 Å². The average molecular weight is 260 g/mol. The Bertz CT molecular complexity index is 419. The van der Waals surface area contributed by atoms with Crippen LogP contribution in [0.25, 0.3) is 0 Å². The minimum Gasteiger partial charge on any atom is -0.504 e. The molecule has 1 aliphatic heterocycles. The molecule has 0 aliphatic carbocycles. The highest BCUT2D eigenvalue weighted by atomic mass is 35.5. The van der Waals surface area contributed by atoms with Crippen molar-refractivity contribution in [2.24, 2.45) is 0 Å². The number of ether oxygens (including phenoxy) is 1. The quantitative estimate of drug-likeness (QED) is 0.858. The van der Waals surface area contributed by atoms with Gasteiger partial charge in [-0.15, -0.1) is 0 Å². The summed E-state index contributed by atoms with van der Waals surface area (Å²) in [5.74, 6) is -1.27. The summed E-state index contributed by atoms with van der Waals surface area (Å²) in [5, 5.41) is 12.7. The van der Waals surface area contributed by atoms with Crippen molar-refractivity contribution < 1.29 is 14.2 Å². The van der Waals surface area contributed by atoms with Gasteiger partial charge in [-0.2, -0.15) is 4.39 Å². The molecule has 1 aromatic carbocycles. The fraction of sp³-hybridized carbons (Fsp3) is 0.500. The molecule has 1 atom stereocenters. The van der Waals surface area contributed by atoms with Gasteiger partial charge in [-0.3, -0.25) is 0 Å². The molecule has 3 nitrogen and oxygen atoms in total. The molecule has 1 unspecified atom stereocenters. The second-order valence-electron chi connectivity index (χ2n) is 4.15. The second kappa shape index (κ2) is 5.10. The van der Waals surface area contributed by atoms with E-state index in [1.807, 2.05) is 0 Å². The van der Waals surface area contributed by atoms with Crippen LogP contribution in [-0.2, 0) is 0 Å². The van der Waals surface area contributed by atoms with Gasteiger partial charge in [-0.25, -0.2) is 0 Å². The number of piperidine rings is 1. The van der Waals surface area contributed by atoms with E-state index < -0.39 is 11.6 Å². The van der Waals surface area contributed by atoms with Crippen LogP contribution >= 0.6 is 11.6 Å². The molecule has 0 spiro atoms. The van der Waals surface area contributed by atoms with Crippen molar-refractivity contribution in [2.75, 3.05) is 13.7 Å². The predicted octanol–water partition coefficient (Wildman–Crippen LogP) is 3.01. The van der Waals surface area contributed by atoms with E-state index in [1.54, 1.807) is 6.07 Å². The largest absolute Gasteiger partial charge is 0.504 e. The standard InChI is InChI=1S/C12H15ClFNO2/c1-17-12-7(9-4-2-3-5-15-9)6-8(13)11(16)10(12)14/h6,9,15-16H,2-5H2,1H3. The van der Waals surface area contributed by atoms with Crippen LogP contribution in [0.15, 0.2) is 6.07 Å². The fourth-order valence-electron chi connectivity index (χ4n) is 2.19. The lowest BCUT2D eigenvalue weighted by Gasteiger charge is -2.25. The number of benzene rings is 1. The molecule has 0 saturated carbocycles. The molecule has 1 aromatic rings. The summed E-state index contributed by atoms with van der Waals surface area (Å²) in [6.45, 7) is 0.897. The van der Waals surface area contributed by atoms with Crippen molar-refractivity contribution in [3.05, 3.63) is 22.5 Å². The van der Waals surface area contributed by atoms with Crippen molar-refractivity contribution in [1.82, 2.24) is 5.32 Å². The lowest BCUT2D eigenvalue weighted by molar-refractivity contribution is 0.342. The van der Waals surface area contributed by atoms with E-state index in [9.17, 15) is 9.50 Å². The Balaban J connectivity index is 2.44. The van der Waals surface area contributed by atoms with Crippen molar-refractivity contribution in [3.63, 3.8) is 0 Å². The highest BCUT2D eigenvalue weighted by Crippen LogP contribution is 2.40. The topological polar surface area (TPSA) is 41.5 Å². The Morgan fingerprint density at radius 1 is 1.53 bits per heavy atom. The van der Waals surface area contributed by atoms with Crippen LogP contribution in [-0.4, -0.2) is 18.8 Å². The number of halogens is 2. The number of phenolic OH excluding ortho intramolecular Hbond substituents is 1. The van der Waals surface area contributed by atoms with E-state index in [-0.39, 0.29) is 16.8 Å². The van der Waals surface area contributed by atoms with Crippen LogP contribution in [0.4, 0.5) is 4.39 Å². The summed E-state index contributed by atoms with van der Waals surface area (Å²) in [5.41, 5.74) is 0.674. The number of hydrogen-bond donors (Lipinski definition) is 2. The number of methoxy groups -OCH3 is 1. The van der Waals surface area contributed by atoms with E-state index in [4.69, 9.17) is 16.3 Å². The second-order valence-corrected chi connectivity index (χ2v) is 4.55. The molecule has 17 heavy (non-hydrogen) atoms. The third-order valence-corrected chi connectivity index (χ3v) is 3.36. The van der Waals surface area contributed by atoms with Crippen molar-refractivity contribution >= 4 is 11.6 Å². The normalized spacial score (nSPS) is 20.3. The Kier molecular flexibility index (Phi) is 3.74. The van der Waals surface area contributed by atoms with Gasteiger partial charge in [-0.1, -0.05) is 18.0 Å². The van der Waals surface area contributed by atoms with Gasteiger partial charge in [0.15, 0.2) is 11.5 Å². The van der Waals surface area contributed by atoms with Gasteiger partial charge in [0.05, 0.1) is 12.1 Å². The summed E-state index contributed by atoms with van der Waals surface area (Å²) in [6.07, 6.45) is 3.12. The van der Waals surface area contributed by atoms with Crippen molar-refractivity contribution in [1.29, 1.82) is 0 Å². The minimum atomic E-state index is -0.789. The summed E-state index contributed by atoms with van der Waals surface area (Å²) in [4.78, 5) is 0. The Labute approximate surface area is 105 Å². The van der Waals surface area contributed by atoms with E-state index in [0.29, 0.717) is 5.56 Å². The first-order chi connectivity index (χ1) is 8.15. The molecule has 5 heteroatoms. The number of hydrogen-bond acceptors (Lipinski definition) is 3. The first-order valence-electron chi connectivity index (χ1n) is 5.63. The highest BCUT2D eigenvalue weighted by molar-refractivity contribution is 6.32. The molecule has 0 bridgehead atoms. The summed E-state index contributed by atoms with van der Waals surface area (Å²) >= 11 is 5.79. The highest BCUT2D eigenvalue weighted by Gasteiger charge is 2.24. The maximum Gasteiger partial charge on any atom is 0.208 e. The molecule has 1 fully saturated rings. The van der Waals surface area contributed by atoms with Gasteiger partial charge in [0.25, 0.3) is 0 Å². The molecule has 0 radical (unpaired) electrons. The Morgan fingerprint density at radius 2 is 2.29 bits per heavy atom. The van der Waals surface area contributed by atoms with Crippen LogP contribution in [0.3, 0.4) is 0 Å². The first-order valence-corrected chi connectivity index (χ1v) is 6.01. The molecule has 1 saturated heterocycles. The number of nitrogens with one attached hydrogen (secondary N) is 1. The molecular formula is C12H15ClFNO2. The van der Waals surface area contributed by atoms with Crippen LogP contribution in [0.5, 0.6) is 11.5 Å². The summed E-state index contributed by atoms with van der Waals surface area (Å²) in [7, 11) is 1.39. The molecule has 94 valence electrons. The van der Waals surface area contributed by atoms with Crippen molar-refractivity contribution in [3.8, 4) is 11.5 Å². The van der Waals surface area contributed by atoms with Crippen molar-refractivity contribution in [2.45, 2.75) is 25.3 Å². The summed E-state index contributed by atoms with van der Waals surface area (Å²) < 4.78 is 18.8. The van der Waals surface area contributed by atoms with Crippen LogP contribution in [0, 0.1) is 5.82 Å². The number of aromatic hydroxyl groups is 1. The molecule has 0 amide bonds. The monoisotopic (exact) mass is 259 g/mol. The van der Waals surface area contributed by atoms with Gasteiger partial charge in [0.1, 0.15) is 0 Å². The molecule has 1 heterocycles. The van der Waals surface area contributed by atoms with Gasteiger partial charge in [0.2, 0.25) is 5.82 Å². The molecular weight excluding hydrogens is 245 g/mol. The lowest BCUT2D eigenvalue weighted by Crippen LogP contribution is -2.27. The van der Waals surface area contributed by atoms with Gasteiger partial charge < -0.3 is 15.2 Å². The predicted molar refractivity (Wildman–Crippen MR) is 64.2 cm³/mol. The Morgan fingerprint density at radius 3 is 2.88 bits per heavy atom. The van der Waals surface area contributed by atoms with Gasteiger partial charge >= 0.3 is 0 Å². The molecule has 2 N–H and O–H groups in total. The fourth-order valence-corrected chi connectivity index (χ4v) is 2.39. The van der Waals surface area contributed by atoms with E-state index >= 15 is 0 Å². The average Bonchev–Trinajstić information content (AvgIpc) is 2.36. The molecule has 1 aliphatic rings. The van der Waals surface area contributed by atoms with Gasteiger partial charge in [-0.05, 0) is 25.5 Å². The zero-order chi connectivity index (χ0) is 12.4. The lowest BCUT2D eigenvalue weighted by atomic mass is 9.96. The number of rotatable bonds is 2. The number of phenols is 1.